The van der Waals surface area contributed by atoms with E-state index in [2.05, 4.69) is 20.9 Å². The van der Waals surface area contributed by atoms with Crippen molar-refractivity contribution in [3.8, 4) is 0 Å². The number of halogens is 3. The number of aromatic amines is 1. The first-order chi connectivity index (χ1) is 7.08. The Morgan fingerprint density at radius 3 is 2.80 bits per heavy atom. The normalized spacial score (nSPS) is 11.2. The van der Waals surface area contributed by atoms with Crippen LogP contribution in [0.3, 0.4) is 0 Å². The molecule has 0 radical (unpaired) electrons. The van der Waals surface area contributed by atoms with Crippen LogP contribution < -0.4 is 5.56 Å². The molecule has 3 nitrogen and oxygen atoms in total. The van der Waals surface area contributed by atoms with Gasteiger partial charge in [-0.25, -0.2) is 13.8 Å². The second-order valence-corrected chi connectivity index (χ2v) is 3.83. The molecule has 0 saturated carbocycles. The number of benzene rings is 1. The Kier molecular flexibility index (Phi) is 2.52. The van der Waals surface area contributed by atoms with Crippen LogP contribution in [-0.4, -0.2) is 9.97 Å². The summed E-state index contributed by atoms with van der Waals surface area (Å²) < 4.78 is 25.3. The summed E-state index contributed by atoms with van der Waals surface area (Å²) in [7, 11) is 0. The Hall–Kier alpha value is -1.30. The summed E-state index contributed by atoms with van der Waals surface area (Å²) in [5.74, 6) is -0.602. The lowest BCUT2D eigenvalue weighted by molar-refractivity contribution is 0.140. The minimum atomic E-state index is -2.77. The summed E-state index contributed by atoms with van der Waals surface area (Å²) in [6.45, 7) is 0. The number of aromatic nitrogens is 2. The Balaban J connectivity index is 2.79. The summed E-state index contributed by atoms with van der Waals surface area (Å²) >= 11 is 3.19. The van der Waals surface area contributed by atoms with Crippen LogP contribution in [0.4, 0.5) is 8.78 Å². The van der Waals surface area contributed by atoms with Crippen LogP contribution in [0.25, 0.3) is 10.9 Å². The third-order valence-corrected chi connectivity index (χ3v) is 2.39. The summed E-state index contributed by atoms with van der Waals surface area (Å²) in [4.78, 5) is 17.1. The van der Waals surface area contributed by atoms with Gasteiger partial charge >= 0.3 is 0 Å². The van der Waals surface area contributed by atoms with E-state index in [1.807, 2.05) is 4.98 Å². The van der Waals surface area contributed by atoms with E-state index >= 15 is 0 Å². The van der Waals surface area contributed by atoms with Crippen molar-refractivity contribution in [2.75, 3.05) is 0 Å². The standard InChI is InChI=1S/C9H5BrF2N2O/c10-4-1-2-6-5(3-4)9(15)14-8(13-6)7(11)12/h1-3,7H,(H,13,14,15). The Bertz CT molecular complexity index is 568. The van der Waals surface area contributed by atoms with E-state index in [4.69, 9.17) is 0 Å². The van der Waals surface area contributed by atoms with E-state index in [1.165, 1.54) is 12.1 Å². The lowest BCUT2D eigenvalue weighted by Crippen LogP contribution is -2.12. The van der Waals surface area contributed by atoms with Crippen molar-refractivity contribution in [3.05, 3.63) is 38.9 Å². The summed E-state index contributed by atoms with van der Waals surface area (Å²) in [6.07, 6.45) is -2.77. The molecule has 1 aromatic heterocycles. The smallest absolute Gasteiger partial charge is 0.295 e. The Morgan fingerprint density at radius 1 is 1.40 bits per heavy atom. The average Bonchev–Trinajstić information content (AvgIpc) is 2.18. The number of hydrogen-bond donors (Lipinski definition) is 1. The zero-order valence-electron chi connectivity index (χ0n) is 7.30. The maximum atomic E-state index is 12.3. The Labute approximate surface area is 91.3 Å². The van der Waals surface area contributed by atoms with E-state index in [-0.39, 0.29) is 10.9 Å². The van der Waals surface area contributed by atoms with Crippen LogP contribution in [0.1, 0.15) is 12.2 Å². The average molecular weight is 275 g/mol. The van der Waals surface area contributed by atoms with Gasteiger partial charge < -0.3 is 4.98 Å². The fraction of sp³-hybridized carbons (Fsp3) is 0.111. The number of alkyl halides is 2. The van der Waals surface area contributed by atoms with Gasteiger partial charge in [0.05, 0.1) is 10.9 Å². The minimum Gasteiger partial charge on any atom is -0.305 e. The van der Waals surface area contributed by atoms with Gasteiger partial charge in [0.15, 0.2) is 5.82 Å². The quantitative estimate of drug-likeness (QED) is 0.869. The number of nitrogens with one attached hydrogen (secondary N) is 1. The van der Waals surface area contributed by atoms with Gasteiger partial charge in [0.25, 0.3) is 12.0 Å². The predicted molar refractivity (Wildman–Crippen MR) is 55.0 cm³/mol. The van der Waals surface area contributed by atoms with Crippen molar-refractivity contribution < 1.29 is 8.78 Å². The zero-order valence-corrected chi connectivity index (χ0v) is 8.88. The third-order valence-electron chi connectivity index (χ3n) is 1.89. The molecule has 0 fully saturated rings. The second-order valence-electron chi connectivity index (χ2n) is 2.91. The van der Waals surface area contributed by atoms with Gasteiger partial charge in [0, 0.05) is 4.47 Å². The molecule has 2 rings (SSSR count). The molecule has 6 heteroatoms. The summed E-state index contributed by atoms with van der Waals surface area (Å²) in [5, 5.41) is 0.286. The SMILES string of the molecule is O=c1[nH]c(C(F)F)nc2ccc(Br)cc12. The molecule has 78 valence electrons. The maximum Gasteiger partial charge on any atom is 0.295 e. The third kappa shape index (κ3) is 1.90. The van der Waals surface area contributed by atoms with Crippen LogP contribution in [0.2, 0.25) is 0 Å². The van der Waals surface area contributed by atoms with Crippen molar-refractivity contribution in [2.24, 2.45) is 0 Å². The first-order valence-corrected chi connectivity index (χ1v) is 4.85. The van der Waals surface area contributed by atoms with Crippen LogP contribution in [0, 0.1) is 0 Å². The van der Waals surface area contributed by atoms with Crippen molar-refractivity contribution in [1.82, 2.24) is 9.97 Å². The van der Waals surface area contributed by atoms with Crippen molar-refractivity contribution >= 4 is 26.8 Å². The van der Waals surface area contributed by atoms with Crippen LogP contribution in [-0.2, 0) is 0 Å². The molecule has 15 heavy (non-hydrogen) atoms. The molecule has 1 heterocycles. The molecule has 0 aliphatic carbocycles. The number of nitrogens with zero attached hydrogens (tertiary/aromatic N) is 1. The van der Waals surface area contributed by atoms with Crippen LogP contribution >= 0.6 is 15.9 Å². The summed E-state index contributed by atoms with van der Waals surface area (Å²) in [6, 6.07) is 4.70. The second kappa shape index (κ2) is 3.69. The van der Waals surface area contributed by atoms with Crippen LogP contribution in [0.15, 0.2) is 27.5 Å². The first-order valence-electron chi connectivity index (χ1n) is 4.05. The fourth-order valence-corrected chi connectivity index (χ4v) is 1.59. The highest BCUT2D eigenvalue weighted by Crippen LogP contribution is 2.18. The highest BCUT2D eigenvalue weighted by Gasteiger charge is 2.12. The van der Waals surface area contributed by atoms with Crippen molar-refractivity contribution in [2.45, 2.75) is 6.43 Å². The molecule has 0 saturated heterocycles. The topological polar surface area (TPSA) is 45.8 Å². The fourth-order valence-electron chi connectivity index (χ4n) is 1.23. The number of rotatable bonds is 1. The molecular weight excluding hydrogens is 270 g/mol. The lowest BCUT2D eigenvalue weighted by Gasteiger charge is -2.01. The molecule has 0 amide bonds. The molecule has 0 atom stereocenters. The van der Waals surface area contributed by atoms with Crippen molar-refractivity contribution in [1.29, 1.82) is 0 Å². The molecule has 1 aromatic carbocycles. The zero-order chi connectivity index (χ0) is 11.0. The molecule has 2 aromatic rings. The lowest BCUT2D eigenvalue weighted by atomic mass is 10.2. The van der Waals surface area contributed by atoms with Crippen molar-refractivity contribution in [3.63, 3.8) is 0 Å². The van der Waals surface area contributed by atoms with Gasteiger partial charge in [-0.1, -0.05) is 15.9 Å². The van der Waals surface area contributed by atoms with E-state index < -0.39 is 17.8 Å². The van der Waals surface area contributed by atoms with E-state index in [9.17, 15) is 13.6 Å². The largest absolute Gasteiger partial charge is 0.305 e. The van der Waals surface area contributed by atoms with Gasteiger partial charge in [-0.15, -0.1) is 0 Å². The maximum absolute atomic E-state index is 12.3. The van der Waals surface area contributed by atoms with E-state index in [1.54, 1.807) is 6.07 Å². The van der Waals surface area contributed by atoms with E-state index in [0.717, 1.165) is 0 Å². The Morgan fingerprint density at radius 2 is 2.13 bits per heavy atom. The van der Waals surface area contributed by atoms with Crippen LogP contribution in [0.5, 0.6) is 0 Å². The van der Waals surface area contributed by atoms with E-state index in [0.29, 0.717) is 4.47 Å². The summed E-state index contributed by atoms with van der Waals surface area (Å²) in [5.41, 5.74) is -0.297. The number of fused-ring (bicyclic) bond motifs is 1. The molecule has 0 bridgehead atoms. The minimum absolute atomic E-state index is 0.261. The molecule has 0 aliphatic rings. The van der Waals surface area contributed by atoms with Gasteiger partial charge in [-0.05, 0) is 18.2 Å². The monoisotopic (exact) mass is 274 g/mol. The molecular formula is C9H5BrF2N2O. The molecule has 0 unspecified atom stereocenters. The molecule has 1 N–H and O–H groups in total. The number of hydrogen-bond acceptors (Lipinski definition) is 2. The van der Waals surface area contributed by atoms with Gasteiger partial charge in [0.2, 0.25) is 0 Å². The molecule has 0 spiro atoms. The highest BCUT2D eigenvalue weighted by molar-refractivity contribution is 9.10. The van der Waals surface area contributed by atoms with Gasteiger partial charge in [0.1, 0.15) is 0 Å². The number of H-pyrrole nitrogens is 1. The van der Waals surface area contributed by atoms with Gasteiger partial charge in [-0.2, -0.15) is 0 Å². The van der Waals surface area contributed by atoms with Gasteiger partial charge in [-0.3, -0.25) is 4.79 Å². The first kappa shape index (κ1) is 10.2. The molecule has 0 aliphatic heterocycles. The predicted octanol–water partition coefficient (Wildman–Crippen LogP) is 2.62. The highest BCUT2D eigenvalue weighted by atomic mass is 79.9.